The fraction of sp³-hybridized carbons (Fsp3) is 0.875. The molecule has 0 saturated heterocycles. The number of hydrogen-bond donors (Lipinski definition) is 2. The van der Waals surface area contributed by atoms with Gasteiger partial charge in [-0.3, -0.25) is 0 Å². The number of allylic oxidation sites excluding steroid dienone is 2. The lowest BCUT2D eigenvalue weighted by molar-refractivity contribution is 0.248. The molecule has 0 aromatic rings. The van der Waals surface area contributed by atoms with Crippen molar-refractivity contribution < 1.29 is 14.3 Å². The summed E-state index contributed by atoms with van der Waals surface area (Å²) >= 11 is 0. The van der Waals surface area contributed by atoms with Gasteiger partial charge in [0, 0.05) is 0 Å². The highest BCUT2D eigenvalue weighted by Gasteiger charge is 1.97. The van der Waals surface area contributed by atoms with Crippen LogP contribution < -0.4 is 0 Å². The Balaban J connectivity index is 0. The smallest absolute Gasteiger partial charge is 0.327 e. The average Bonchev–Trinajstić information content (AvgIpc) is 2.37. The van der Waals surface area contributed by atoms with E-state index in [0.29, 0.717) is 6.61 Å². The molecule has 0 aromatic carbocycles. The third-order valence-corrected chi connectivity index (χ3v) is 3.62. The normalized spacial score (nSPS) is 10.2. The van der Waals surface area contributed by atoms with Crippen molar-refractivity contribution in [2.24, 2.45) is 0 Å². The number of unbranched alkanes of at least 4 members (excludes halogenated alkanes) is 7. The van der Waals surface area contributed by atoms with Crippen molar-refractivity contribution >= 4 is 8.60 Å². The Hall–Kier alpha value is 0.0500. The van der Waals surface area contributed by atoms with E-state index in [9.17, 15) is 0 Å². The van der Waals surface area contributed by atoms with Crippen molar-refractivity contribution in [3.63, 3.8) is 0 Å². The molecule has 0 atom stereocenters. The molecule has 0 aliphatic heterocycles. The van der Waals surface area contributed by atoms with Crippen LogP contribution in [0.15, 0.2) is 11.1 Å². The third-order valence-electron chi connectivity index (χ3n) is 3.20. The Kier molecular flexibility index (Phi) is 19.1. The van der Waals surface area contributed by atoms with Crippen LogP contribution in [0, 0.1) is 0 Å². The standard InChI is InChI=1S/C10H23O3P.C6H12/c1-2-3-4-5-6-7-8-9-10-13-14(11)12;1-5(2)6(3)4/h11-12H,2-10H2,1H3;1-4H3. The highest BCUT2D eigenvalue weighted by molar-refractivity contribution is 7.39. The Morgan fingerprint density at radius 1 is 0.750 bits per heavy atom. The Labute approximate surface area is 127 Å². The molecular weight excluding hydrogens is 271 g/mol. The van der Waals surface area contributed by atoms with Crippen molar-refractivity contribution in [1.82, 2.24) is 0 Å². The van der Waals surface area contributed by atoms with Crippen molar-refractivity contribution in [2.75, 3.05) is 6.61 Å². The summed E-state index contributed by atoms with van der Waals surface area (Å²) in [5, 5.41) is 0. The highest BCUT2D eigenvalue weighted by Crippen LogP contribution is 2.24. The van der Waals surface area contributed by atoms with Crippen LogP contribution in [0.5, 0.6) is 0 Å². The quantitative estimate of drug-likeness (QED) is 0.308. The predicted molar refractivity (Wildman–Crippen MR) is 89.6 cm³/mol. The summed E-state index contributed by atoms with van der Waals surface area (Å²) < 4.78 is 4.66. The van der Waals surface area contributed by atoms with Crippen molar-refractivity contribution in [2.45, 2.75) is 86.0 Å². The minimum atomic E-state index is -2.13. The summed E-state index contributed by atoms with van der Waals surface area (Å²) in [6.45, 7) is 11.2. The fourth-order valence-corrected chi connectivity index (χ4v) is 1.67. The van der Waals surface area contributed by atoms with E-state index >= 15 is 0 Å². The van der Waals surface area contributed by atoms with Crippen molar-refractivity contribution in [1.29, 1.82) is 0 Å². The second-order valence-corrected chi connectivity index (χ2v) is 6.32. The molecule has 0 fully saturated rings. The molecule has 20 heavy (non-hydrogen) atoms. The second kappa shape index (κ2) is 17.1. The molecule has 3 nitrogen and oxygen atoms in total. The Morgan fingerprint density at radius 3 is 1.50 bits per heavy atom. The first-order valence-corrected chi connectivity index (χ1v) is 8.99. The Morgan fingerprint density at radius 2 is 1.15 bits per heavy atom. The van der Waals surface area contributed by atoms with Gasteiger partial charge in [-0.15, -0.1) is 0 Å². The summed E-state index contributed by atoms with van der Waals surface area (Å²) in [6.07, 6.45) is 9.94. The van der Waals surface area contributed by atoms with Crippen LogP contribution in [0.25, 0.3) is 0 Å². The molecule has 0 heterocycles. The van der Waals surface area contributed by atoms with Gasteiger partial charge < -0.3 is 14.3 Å². The van der Waals surface area contributed by atoms with E-state index in [1.165, 1.54) is 49.7 Å². The van der Waals surface area contributed by atoms with E-state index < -0.39 is 8.60 Å². The van der Waals surface area contributed by atoms with Gasteiger partial charge in [0.2, 0.25) is 0 Å². The van der Waals surface area contributed by atoms with Gasteiger partial charge in [-0.25, -0.2) is 0 Å². The second-order valence-electron chi connectivity index (χ2n) is 5.56. The van der Waals surface area contributed by atoms with Crippen LogP contribution in [0.2, 0.25) is 0 Å². The molecule has 122 valence electrons. The average molecular weight is 306 g/mol. The lowest BCUT2D eigenvalue weighted by Crippen LogP contribution is -1.89. The van der Waals surface area contributed by atoms with Crippen LogP contribution in [-0.4, -0.2) is 16.4 Å². The van der Waals surface area contributed by atoms with Gasteiger partial charge in [-0.2, -0.15) is 0 Å². The fourth-order valence-electron chi connectivity index (χ4n) is 1.38. The molecule has 0 rings (SSSR count). The maximum absolute atomic E-state index is 8.45. The van der Waals surface area contributed by atoms with Crippen LogP contribution >= 0.6 is 8.60 Å². The van der Waals surface area contributed by atoms with Gasteiger partial charge in [-0.1, -0.05) is 63.0 Å². The van der Waals surface area contributed by atoms with Gasteiger partial charge in [0.15, 0.2) is 0 Å². The first-order valence-electron chi connectivity index (χ1n) is 7.83. The minimum Gasteiger partial charge on any atom is -0.328 e. The van der Waals surface area contributed by atoms with E-state index in [2.05, 4.69) is 39.1 Å². The summed E-state index contributed by atoms with van der Waals surface area (Å²) in [5.74, 6) is 0. The maximum Gasteiger partial charge on any atom is 0.327 e. The molecule has 0 spiro atoms. The highest BCUT2D eigenvalue weighted by atomic mass is 31.2. The summed E-state index contributed by atoms with van der Waals surface area (Å²) in [4.78, 5) is 16.9. The molecule has 2 N–H and O–H groups in total. The lowest BCUT2D eigenvalue weighted by Gasteiger charge is -2.03. The molecule has 4 heteroatoms. The Bertz CT molecular complexity index is 210. The topological polar surface area (TPSA) is 49.7 Å². The van der Waals surface area contributed by atoms with E-state index in [-0.39, 0.29) is 0 Å². The largest absolute Gasteiger partial charge is 0.328 e. The molecule has 0 saturated carbocycles. The van der Waals surface area contributed by atoms with Crippen LogP contribution in [0.3, 0.4) is 0 Å². The van der Waals surface area contributed by atoms with E-state index in [1.54, 1.807) is 0 Å². The molecule has 0 amide bonds. The van der Waals surface area contributed by atoms with E-state index in [1.807, 2.05) is 0 Å². The first-order chi connectivity index (χ1) is 9.41. The van der Waals surface area contributed by atoms with E-state index in [0.717, 1.165) is 12.8 Å². The lowest BCUT2D eigenvalue weighted by atomic mass is 10.1. The summed E-state index contributed by atoms with van der Waals surface area (Å²) in [7, 11) is -2.13. The maximum atomic E-state index is 8.45. The van der Waals surface area contributed by atoms with Gasteiger partial charge >= 0.3 is 8.60 Å². The zero-order chi connectivity index (χ0) is 15.8. The minimum absolute atomic E-state index is 0.480. The molecule has 0 aliphatic carbocycles. The van der Waals surface area contributed by atoms with E-state index in [4.69, 9.17) is 9.79 Å². The van der Waals surface area contributed by atoms with Crippen LogP contribution in [0.4, 0.5) is 0 Å². The van der Waals surface area contributed by atoms with Crippen LogP contribution in [-0.2, 0) is 4.52 Å². The summed E-state index contributed by atoms with van der Waals surface area (Å²) in [5.41, 5.74) is 2.85. The molecule has 0 radical (unpaired) electrons. The monoisotopic (exact) mass is 306 g/mol. The number of rotatable bonds is 10. The first kappa shape index (κ1) is 22.3. The van der Waals surface area contributed by atoms with Gasteiger partial charge in [0.05, 0.1) is 6.61 Å². The molecule has 0 aliphatic rings. The van der Waals surface area contributed by atoms with Gasteiger partial charge in [0.25, 0.3) is 0 Å². The summed E-state index contributed by atoms with van der Waals surface area (Å²) in [6, 6.07) is 0. The molecule has 0 bridgehead atoms. The van der Waals surface area contributed by atoms with Gasteiger partial charge in [-0.05, 0) is 34.1 Å². The SMILES string of the molecule is CC(C)=C(C)C.CCCCCCCCCCOP(O)O. The molecule has 0 aromatic heterocycles. The molecular formula is C16H35O3P. The number of hydrogen-bond acceptors (Lipinski definition) is 3. The van der Waals surface area contributed by atoms with Crippen LogP contribution in [0.1, 0.15) is 86.0 Å². The molecule has 0 unspecified atom stereocenters. The van der Waals surface area contributed by atoms with Gasteiger partial charge in [0.1, 0.15) is 0 Å². The van der Waals surface area contributed by atoms with Crippen molar-refractivity contribution in [3.8, 4) is 0 Å². The van der Waals surface area contributed by atoms with Crippen molar-refractivity contribution in [3.05, 3.63) is 11.1 Å². The third kappa shape index (κ3) is 23.2. The predicted octanol–water partition coefficient (Wildman–Crippen LogP) is 5.72. The zero-order valence-electron chi connectivity index (χ0n) is 14.1. The zero-order valence-corrected chi connectivity index (χ0v) is 15.0.